The minimum Gasteiger partial charge on any atom is -0.310 e. The zero-order valence-electron chi connectivity index (χ0n) is 12.1. The van der Waals surface area contributed by atoms with Gasteiger partial charge >= 0.3 is 6.18 Å². The Morgan fingerprint density at radius 2 is 1.83 bits per heavy atom. The normalized spacial score (nSPS) is 26.3. The molecule has 0 aliphatic carbocycles. The van der Waals surface area contributed by atoms with Gasteiger partial charge in [0.1, 0.15) is 5.82 Å². The summed E-state index contributed by atoms with van der Waals surface area (Å²) in [6.45, 7) is 0.528. The summed E-state index contributed by atoms with van der Waals surface area (Å²) in [7, 11) is -4.01. The van der Waals surface area contributed by atoms with Crippen molar-refractivity contribution in [1.82, 2.24) is 9.62 Å². The second kappa shape index (κ2) is 5.71. The molecule has 2 aliphatic heterocycles. The topological polar surface area (TPSA) is 49.4 Å². The summed E-state index contributed by atoms with van der Waals surface area (Å²) in [6, 6.07) is 2.05. The van der Waals surface area contributed by atoms with Crippen LogP contribution in [0.25, 0.3) is 0 Å². The molecule has 2 saturated heterocycles. The molecule has 128 valence electrons. The summed E-state index contributed by atoms with van der Waals surface area (Å²) in [5.74, 6) is -1.58. The summed E-state index contributed by atoms with van der Waals surface area (Å²) in [5.41, 5.74) is -1.46. The lowest BCUT2D eigenvalue weighted by molar-refractivity contribution is -0.140. The maximum absolute atomic E-state index is 13.7. The standard InChI is InChI=1S/C14H16F4N2O2S/c15-13-7-11(3-4-12(13)14(16,17)18)23(21,22)20-6-5-9-1-2-10(8-20)19-9/h3-4,7,9-10,19H,1-2,5-6,8H2. The van der Waals surface area contributed by atoms with E-state index in [0.29, 0.717) is 18.6 Å². The van der Waals surface area contributed by atoms with E-state index < -0.39 is 32.5 Å². The molecule has 0 aromatic heterocycles. The van der Waals surface area contributed by atoms with Crippen molar-refractivity contribution in [2.45, 2.75) is 42.4 Å². The average molecular weight is 352 g/mol. The molecular weight excluding hydrogens is 336 g/mol. The van der Waals surface area contributed by atoms with Crippen molar-refractivity contribution in [2.75, 3.05) is 13.1 Å². The Morgan fingerprint density at radius 3 is 2.48 bits per heavy atom. The van der Waals surface area contributed by atoms with E-state index in [9.17, 15) is 26.0 Å². The van der Waals surface area contributed by atoms with Crippen LogP contribution < -0.4 is 5.32 Å². The number of rotatable bonds is 2. The van der Waals surface area contributed by atoms with Crippen LogP contribution in [0.3, 0.4) is 0 Å². The first-order valence-electron chi connectivity index (χ1n) is 7.31. The van der Waals surface area contributed by atoms with Crippen LogP contribution in [-0.4, -0.2) is 37.9 Å². The Bertz CT molecular complexity index is 705. The highest BCUT2D eigenvalue weighted by molar-refractivity contribution is 7.89. The van der Waals surface area contributed by atoms with E-state index in [1.807, 2.05) is 0 Å². The second-order valence-electron chi connectivity index (χ2n) is 5.93. The predicted molar refractivity (Wildman–Crippen MR) is 74.7 cm³/mol. The van der Waals surface area contributed by atoms with Gasteiger partial charge in [0, 0.05) is 25.2 Å². The molecule has 1 aromatic carbocycles. The molecule has 1 N–H and O–H groups in total. The maximum Gasteiger partial charge on any atom is 0.419 e. The summed E-state index contributed by atoms with van der Waals surface area (Å²) < 4.78 is 77.8. The molecule has 9 heteroatoms. The van der Waals surface area contributed by atoms with E-state index in [1.165, 1.54) is 4.31 Å². The minimum absolute atomic E-state index is 0.0385. The molecule has 2 heterocycles. The van der Waals surface area contributed by atoms with Gasteiger partial charge in [0.2, 0.25) is 10.0 Å². The zero-order chi connectivity index (χ0) is 16.8. The molecule has 4 nitrogen and oxygen atoms in total. The van der Waals surface area contributed by atoms with Crippen molar-refractivity contribution in [2.24, 2.45) is 0 Å². The van der Waals surface area contributed by atoms with Gasteiger partial charge in [0.05, 0.1) is 10.5 Å². The first kappa shape index (κ1) is 16.7. The van der Waals surface area contributed by atoms with Crippen LogP contribution in [0.5, 0.6) is 0 Å². The highest BCUT2D eigenvalue weighted by Crippen LogP contribution is 2.33. The summed E-state index contributed by atoms with van der Waals surface area (Å²) in [6.07, 6.45) is -2.36. The number of nitrogens with zero attached hydrogens (tertiary/aromatic N) is 1. The molecule has 2 bridgehead atoms. The van der Waals surface area contributed by atoms with Crippen LogP contribution in [0.2, 0.25) is 0 Å². The Balaban J connectivity index is 1.89. The quantitative estimate of drug-likeness (QED) is 0.832. The molecule has 0 amide bonds. The molecule has 3 rings (SSSR count). The molecule has 2 unspecified atom stereocenters. The molecular formula is C14H16F4N2O2S. The van der Waals surface area contributed by atoms with Crippen LogP contribution in [0.4, 0.5) is 17.6 Å². The summed E-state index contributed by atoms with van der Waals surface area (Å²) in [5, 5.41) is 3.32. The van der Waals surface area contributed by atoms with Gasteiger partial charge in [-0.25, -0.2) is 12.8 Å². The van der Waals surface area contributed by atoms with Gasteiger partial charge in [-0.1, -0.05) is 0 Å². The first-order valence-corrected chi connectivity index (χ1v) is 8.75. The van der Waals surface area contributed by atoms with Crippen molar-refractivity contribution < 1.29 is 26.0 Å². The van der Waals surface area contributed by atoms with E-state index >= 15 is 0 Å². The Hall–Kier alpha value is -1.19. The third-order valence-electron chi connectivity index (χ3n) is 4.37. The Kier molecular flexibility index (Phi) is 4.14. The fraction of sp³-hybridized carbons (Fsp3) is 0.571. The van der Waals surface area contributed by atoms with Crippen molar-refractivity contribution in [1.29, 1.82) is 0 Å². The SMILES string of the molecule is O=S(=O)(c1ccc(C(F)(F)F)c(F)c1)N1CCC2CCC(C1)N2. The zero-order valence-corrected chi connectivity index (χ0v) is 12.9. The number of fused-ring (bicyclic) bond motifs is 2. The number of hydrogen-bond acceptors (Lipinski definition) is 3. The predicted octanol–water partition coefficient (Wildman–Crippen LogP) is 2.36. The highest BCUT2D eigenvalue weighted by atomic mass is 32.2. The van der Waals surface area contributed by atoms with Crippen molar-refractivity contribution in [3.8, 4) is 0 Å². The molecule has 0 radical (unpaired) electrons. The third-order valence-corrected chi connectivity index (χ3v) is 6.23. The van der Waals surface area contributed by atoms with Gasteiger partial charge in [-0.2, -0.15) is 17.5 Å². The lowest BCUT2D eigenvalue weighted by atomic mass is 10.1. The maximum atomic E-state index is 13.7. The van der Waals surface area contributed by atoms with Crippen LogP contribution in [-0.2, 0) is 16.2 Å². The third kappa shape index (κ3) is 3.22. The largest absolute Gasteiger partial charge is 0.419 e. The second-order valence-corrected chi connectivity index (χ2v) is 7.87. The van der Waals surface area contributed by atoms with E-state index in [1.54, 1.807) is 0 Å². The van der Waals surface area contributed by atoms with Crippen LogP contribution in [0, 0.1) is 5.82 Å². The van der Waals surface area contributed by atoms with E-state index in [0.717, 1.165) is 18.9 Å². The van der Waals surface area contributed by atoms with Gasteiger partial charge in [0.25, 0.3) is 0 Å². The van der Waals surface area contributed by atoms with E-state index in [-0.39, 0.29) is 25.2 Å². The molecule has 0 saturated carbocycles. The fourth-order valence-corrected chi connectivity index (χ4v) is 4.68. The number of alkyl halides is 3. The lowest BCUT2D eigenvalue weighted by Gasteiger charge is -2.24. The summed E-state index contributed by atoms with van der Waals surface area (Å²) in [4.78, 5) is -0.444. The number of hydrogen-bond donors (Lipinski definition) is 1. The first-order chi connectivity index (χ1) is 10.7. The molecule has 23 heavy (non-hydrogen) atoms. The van der Waals surface area contributed by atoms with E-state index in [4.69, 9.17) is 0 Å². The van der Waals surface area contributed by atoms with Crippen LogP contribution >= 0.6 is 0 Å². The minimum atomic E-state index is -4.85. The molecule has 2 aliphatic rings. The fourth-order valence-electron chi connectivity index (χ4n) is 3.16. The van der Waals surface area contributed by atoms with Gasteiger partial charge in [0.15, 0.2) is 0 Å². The number of halogens is 4. The van der Waals surface area contributed by atoms with Crippen molar-refractivity contribution in [3.05, 3.63) is 29.6 Å². The molecule has 2 fully saturated rings. The number of sulfonamides is 1. The van der Waals surface area contributed by atoms with E-state index in [2.05, 4.69) is 5.32 Å². The van der Waals surface area contributed by atoms with Crippen LogP contribution in [0.15, 0.2) is 23.1 Å². The van der Waals surface area contributed by atoms with Gasteiger partial charge < -0.3 is 5.32 Å². The van der Waals surface area contributed by atoms with Crippen molar-refractivity contribution >= 4 is 10.0 Å². The molecule has 2 atom stereocenters. The van der Waals surface area contributed by atoms with Gasteiger partial charge in [-0.05, 0) is 37.5 Å². The average Bonchev–Trinajstić information content (AvgIpc) is 2.76. The smallest absolute Gasteiger partial charge is 0.310 e. The highest BCUT2D eigenvalue weighted by Gasteiger charge is 2.37. The summed E-state index contributed by atoms with van der Waals surface area (Å²) >= 11 is 0. The van der Waals surface area contributed by atoms with Crippen molar-refractivity contribution in [3.63, 3.8) is 0 Å². The molecule has 1 aromatic rings. The molecule has 0 spiro atoms. The lowest BCUT2D eigenvalue weighted by Crippen LogP contribution is -2.39. The number of nitrogens with one attached hydrogen (secondary N) is 1. The number of benzene rings is 1. The van der Waals surface area contributed by atoms with Crippen LogP contribution in [0.1, 0.15) is 24.8 Å². The van der Waals surface area contributed by atoms with Gasteiger partial charge in [-0.15, -0.1) is 0 Å². The Labute approximate surface area is 131 Å². The monoisotopic (exact) mass is 352 g/mol. The van der Waals surface area contributed by atoms with Gasteiger partial charge in [-0.3, -0.25) is 0 Å². The Morgan fingerprint density at radius 1 is 1.13 bits per heavy atom.